The van der Waals surface area contributed by atoms with E-state index in [2.05, 4.69) is 91.0 Å². The number of nitrogens with zero attached hydrogens (tertiary/aromatic N) is 3. The summed E-state index contributed by atoms with van der Waals surface area (Å²) in [5.74, 6) is 1.81. The number of furan rings is 2. The van der Waals surface area contributed by atoms with Gasteiger partial charge in [-0.05, 0) is 58.3 Å². The Labute approximate surface area is 274 Å². The van der Waals surface area contributed by atoms with Crippen LogP contribution >= 0.6 is 0 Å². The second-order valence-corrected chi connectivity index (χ2v) is 12.0. The van der Waals surface area contributed by atoms with E-state index in [4.69, 9.17) is 23.8 Å². The highest BCUT2D eigenvalue weighted by atomic mass is 16.3. The molecule has 0 bridgehead atoms. The van der Waals surface area contributed by atoms with Crippen LogP contribution in [-0.2, 0) is 0 Å². The van der Waals surface area contributed by atoms with Crippen molar-refractivity contribution in [1.82, 2.24) is 15.0 Å². The molecule has 10 rings (SSSR count). The predicted octanol–water partition coefficient (Wildman–Crippen LogP) is 11.5. The van der Waals surface area contributed by atoms with Crippen LogP contribution in [0.2, 0.25) is 0 Å². The standard InChI is InChI=1S/C43H25N3O2/c1-2-9-27(10-3-1)41-44-42(46-43(45-41)31-21-22-34-33-13-6-7-15-36(33)47-38(34)25-31)28-19-17-26(18-20-28)32-14-8-16-37-40(32)35-23-29-11-4-5-12-30(29)24-39(35)48-37/h1-25H. The largest absolute Gasteiger partial charge is 0.456 e. The first-order valence-corrected chi connectivity index (χ1v) is 15.9. The Hall–Kier alpha value is -6.59. The number of rotatable bonds is 4. The minimum atomic E-state index is 0.590. The molecular weight excluding hydrogens is 590 g/mol. The molecule has 0 unspecified atom stereocenters. The van der Waals surface area contributed by atoms with E-state index >= 15 is 0 Å². The summed E-state index contributed by atoms with van der Waals surface area (Å²) in [6, 6.07) is 51.7. The highest BCUT2D eigenvalue weighted by Crippen LogP contribution is 2.39. The molecular formula is C43H25N3O2. The van der Waals surface area contributed by atoms with Crippen molar-refractivity contribution < 1.29 is 8.83 Å². The molecule has 0 saturated carbocycles. The molecule has 0 fully saturated rings. The lowest BCUT2D eigenvalue weighted by Crippen LogP contribution is -2.00. The number of benzene rings is 7. The number of fused-ring (bicyclic) bond motifs is 7. The van der Waals surface area contributed by atoms with Gasteiger partial charge in [0.15, 0.2) is 17.5 Å². The Morgan fingerprint density at radius 3 is 1.71 bits per heavy atom. The van der Waals surface area contributed by atoms with Crippen LogP contribution in [0.1, 0.15) is 0 Å². The normalized spacial score (nSPS) is 11.8. The number of aromatic nitrogens is 3. The maximum atomic E-state index is 6.34. The van der Waals surface area contributed by atoms with Crippen molar-refractivity contribution in [3.05, 3.63) is 152 Å². The summed E-state index contributed by atoms with van der Waals surface area (Å²) >= 11 is 0. The van der Waals surface area contributed by atoms with Gasteiger partial charge in [0.1, 0.15) is 22.3 Å². The molecule has 0 N–H and O–H groups in total. The van der Waals surface area contributed by atoms with E-state index in [9.17, 15) is 0 Å². The third-order valence-electron chi connectivity index (χ3n) is 9.12. The van der Waals surface area contributed by atoms with Crippen molar-refractivity contribution in [2.75, 3.05) is 0 Å². The summed E-state index contributed by atoms with van der Waals surface area (Å²) in [7, 11) is 0. The lowest BCUT2D eigenvalue weighted by molar-refractivity contribution is 0.669. The van der Waals surface area contributed by atoms with Gasteiger partial charge >= 0.3 is 0 Å². The summed E-state index contributed by atoms with van der Waals surface area (Å²) in [5.41, 5.74) is 8.33. The Morgan fingerprint density at radius 2 is 0.896 bits per heavy atom. The van der Waals surface area contributed by atoms with Gasteiger partial charge in [0.2, 0.25) is 0 Å². The van der Waals surface area contributed by atoms with Gasteiger partial charge in [0.05, 0.1) is 0 Å². The van der Waals surface area contributed by atoms with Crippen molar-refractivity contribution in [2.45, 2.75) is 0 Å². The third kappa shape index (κ3) is 4.29. The van der Waals surface area contributed by atoms with Crippen LogP contribution in [-0.4, -0.2) is 15.0 Å². The van der Waals surface area contributed by atoms with E-state index in [0.717, 1.165) is 71.7 Å². The SMILES string of the molecule is c1ccc(-c2nc(-c3ccc(-c4cccc5oc6cc7ccccc7cc6c45)cc3)nc(-c3ccc4c(c3)oc3ccccc34)n2)cc1. The predicted molar refractivity (Wildman–Crippen MR) is 194 cm³/mol. The van der Waals surface area contributed by atoms with Crippen molar-refractivity contribution in [3.8, 4) is 45.3 Å². The minimum absolute atomic E-state index is 0.590. The molecule has 0 atom stereocenters. The van der Waals surface area contributed by atoms with Crippen molar-refractivity contribution in [1.29, 1.82) is 0 Å². The maximum absolute atomic E-state index is 6.34. The van der Waals surface area contributed by atoms with Gasteiger partial charge in [-0.3, -0.25) is 0 Å². The molecule has 7 aromatic carbocycles. The molecule has 5 heteroatoms. The fourth-order valence-electron chi connectivity index (χ4n) is 6.77. The molecule has 10 aromatic rings. The first-order valence-electron chi connectivity index (χ1n) is 15.9. The molecule has 3 aromatic heterocycles. The molecule has 5 nitrogen and oxygen atoms in total. The topological polar surface area (TPSA) is 65.0 Å². The molecule has 0 aliphatic rings. The van der Waals surface area contributed by atoms with Crippen LogP contribution in [0.3, 0.4) is 0 Å². The van der Waals surface area contributed by atoms with E-state index in [0.29, 0.717) is 17.5 Å². The van der Waals surface area contributed by atoms with Gasteiger partial charge in [-0.25, -0.2) is 15.0 Å². The molecule has 0 radical (unpaired) electrons. The van der Waals surface area contributed by atoms with Crippen molar-refractivity contribution in [2.24, 2.45) is 0 Å². The first kappa shape index (κ1) is 26.6. The average molecular weight is 616 g/mol. The summed E-state index contributed by atoms with van der Waals surface area (Å²) in [5, 5.41) is 6.74. The van der Waals surface area contributed by atoms with Gasteiger partial charge < -0.3 is 8.83 Å². The first-order chi connectivity index (χ1) is 23.7. The molecule has 0 aliphatic heterocycles. The molecule has 0 aliphatic carbocycles. The zero-order valence-corrected chi connectivity index (χ0v) is 25.6. The molecule has 224 valence electrons. The van der Waals surface area contributed by atoms with Gasteiger partial charge in [-0.15, -0.1) is 0 Å². The van der Waals surface area contributed by atoms with Crippen LogP contribution in [0.5, 0.6) is 0 Å². The lowest BCUT2D eigenvalue weighted by Gasteiger charge is -2.09. The summed E-state index contributed by atoms with van der Waals surface area (Å²) in [4.78, 5) is 14.9. The van der Waals surface area contributed by atoms with Crippen LogP contribution in [0.4, 0.5) is 0 Å². The molecule has 0 saturated heterocycles. The molecule has 48 heavy (non-hydrogen) atoms. The summed E-state index contributed by atoms with van der Waals surface area (Å²) in [6.45, 7) is 0. The van der Waals surface area contributed by atoms with Gasteiger partial charge in [0.25, 0.3) is 0 Å². The van der Waals surface area contributed by atoms with Crippen LogP contribution in [0.15, 0.2) is 160 Å². The monoisotopic (exact) mass is 615 g/mol. The van der Waals surface area contributed by atoms with E-state index in [1.54, 1.807) is 0 Å². The summed E-state index contributed by atoms with van der Waals surface area (Å²) in [6.07, 6.45) is 0. The van der Waals surface area contributed by atoms with Crippen molar-refractivity contribution in [3.63, 3.8) is 0 Å². The van der Waals surface area contributed by atoms with Crippen LogP contribution in [0, 0.1) is 0 Å². The number of hydrogen-bond acceptors (Lipinski definition) is 5. The van der Waals surface area contributed by atoms with E-state index < -0.39 is 0 Å². The quantitative estimate of drug-likeness (QED) is 0.197. The molecule has 0 spiro atoms. The van der Waals surface area contributed by atoms with E-state index in [1.807, 2.05) is 60.7 Å². The minimum Gasteiger partial charge on any atom is -0.456 e. The van der Waals surface area contributed by atoms with Crippen LogP contribution < -0.4 is 0 Å². The van der Waals surface area contributed by atoms with Gasteiger partial charge in [-0.2, -0.15) is 0 Å². The lowest BCUT2D eigenvalue weighted by atomic mass is 9.97. The average Bonchev–Trinajstić information content (AvgIpc) is 3.71. The number of para-hydroxylation sites is 1. The Balaban J connectivity index is 1.09. The summed E-state index contributed by atoms with van der Waals surface area (Å²) < 4.78 is 12.5. The van der Waals surface area contributed by atoms with Crippen LogP contribution in [0.25, 0.3) is 99.9 Å². The Kier molecular flexibility index (Phi) is 5.81. The second-order valence-electron chi connectivity index (χ2n) is 12.0. The highest BCUT2D eigenvalue weighted by molar-refractivity contribution is 6.15. The Morgan fingerprint density at radius 1 is 0.333 bits per heavy atom. The third-order valence-corrected chi connectivity index (χ3v) is 9.12. The van der Waals surface area contributed by atoms with Gasteiger partial charge in [-0.1, -0.05) is 115 Å². The molecule has 0 amide bonds. The van der Waals surface area contributed by atoms with E-state index in [-0.39, 0.29) is 0 Å². The number of hydrogen-bond donors (Lipinski definition) is 0. The smallest absolute Gasteiger partial charge is 0.164 e. The Bertz CT molecular complexity index is 2830. The van der Waals surface area contributed by atoms with Crippen molar-refractivity contribution >= 4 is 54.6 Å². The maximum Gasteiger partial charge on any atom is 0.164 e. The van der Waals surface area contributed by atoms with E-state index in [1.165, 1.54) is 10.8 Å². The molecule has 3 heterocycles. The fourth-order valence-corrected chi connectivity index (χ4v) is 6.77. The highest BCUT2D eigenvalue weighted by Gasteiger charge is 2.16. The zero-order chi connectivity index (χ0) is 31.6. The van der Waals surface area contributed by atoms with Gasteiger partial charge in [0, 0.05) is 38.2 Å². The zero-order valence-electron chi connectivity index (χ0n) is 25.6. The fraction of sp³-hybridized carbons (Fsp3) is 0. The second kappa shape index (κ2) is 10.5.